The Balaban J connectivity index is 2.63. The summed E-state index contributed by atoms with van der Waals surface area (Å²) in [5.41, 5.74) is 1.02. The Morgan fingerprint density at radius 2 is 2.11 bits per heavy atom. The molecule has 0 aromatic heterocycles. The highest BCUT2D eigenvalue weighted by molar-refractivity contribution is 5.91. The van der Waals surface area contributed by atoms with Crippen molar-refractivity contribution in [2.45, 2.75) is 20.3 Å². The van der Waals surface area contributed by atoms with Crippen molar-refractivity contribution >= 4 is 11.9 Å². The lowest BCUT2D eigenvalue weighted by Crippen LogP contribution is -2.24. The van der Waals surface area contributed by atoms with Crippen molar-refractivity contribution in [1.82, 2.24) is 5.32 Å². The van der Waals surface area contributed by atoms with Crippen LogP contribution in [0.4, 0.5) is 0 Å². The van der Waals surface area contributed by atoms with Crippen LogP contribution in [0.25, 0.3) is 0 Å². The van der Waals surface area contributed by atoms with Gasteiger partial charge >= 0.3 is 5.97 Å². The lowest BCUT2D eigenvalue weighted by atomic mass is 10.1. The summed E-state index contributed by atoms with van der Waals surface area (Å²) in [6.45, 7) is 4.42. The monoisotopic (exact) mass is 251 g/mol. The van der Waals surface area contributed by atoms with Crippen molar-refractivity contribution in [1.29, 1.82) is 0 Å². The quantitative estimate of drug-likeness (QED) is 0.805. The van der Waals surface area contributed by atoms with Gasteiger partial charge in [-0.1, -0.05) is 6.07 Å². The summed E-state index contributed by atoms with van der Waals surface area (Å²) in [7, 11) is 0. The van der Waals surface area contributed by atoms with E-state index in [1.807, 2.05) is 13.8 Å². The lowest BCUT2D eigenvalue weighted by Gasteiger charge is -2.09. The summed E-state index contributed by atoms with van der Waals surface area (Å²) < 4.78 is 5.35. The number of hydrogen-bond acceptors (Lipinski definition) is 3. The Labute approximate surface area is 106 Å². The Hall–Kier alpha value is -2.04. The van der Waals surface area contributed by atoms with Gasteiger partial charge in [0.2, 0.25) is 5.91 Å². The van der Waals surface area contributed by atoms with Gasteiger partial charge in [-0.3, -0.25) is 4.79 Å². The van der Waals surface area contributed by atoms with Crippen molar-refractivity contribution in [2.24, 2.45) is 0 Å². The zero-order chi connectivity index (χ0) is 13.5. The number of ether oxygens (including phenoxy) is 1. The number of carbonyl (C=O) groups excluding carboxylic acids is 1. The van der Waals surface area contributed by atoms with Crippen molar-refractivity contribution < 1.29 is 19.4 Å². The maximum Gasteiger partial charge on any atom is 0.339 e. The molecule has 0 aliphatic rings. The van der Waals surface area contributed by atoms with Gasteiger partial charge in [0.25, 0.3) is 0 Å². The van der Waals surface area contributed by atoms with Crippen LogP contribution in [0.15, 0.2) is 18.2 Å². The number of benzene rings is 1. The van der Waals surface area contributed by atoms with Crippen LogP contribution in [0.5, 0.6) is 5.75 Å². The van der Waals surface area contributed by atoms with Crippen molar-refractivity contribution in [2.75, 3.05) is 13.2 Å². The molecule has 0 radical (unpaired) electrons. The summed E-state index contributed by atoms with van der Waals surface area (Å²) in [6.07, 6.45) is 0.209. The first kappa shape index (κ1) is 14.0. The molecule has 0 saturated carbocycles. The molecule has 0 atom stereocenters. The second-order valence-electron chi connectivity index (χ2n) is 3.86. The molecule has 0 spiro atoms. The van der Waals surface area contributed by atoms with Crippen LogP contribution in [0.3, 0.4) is 0 Å². The van der Waals surface area contributed by atoms with Crippen LogP contribution < -0.4 is 10.1 Å². The maximum absolute atomic E-state index is 11.2. The first-order valence-corrected chi connectivity index (χ1v) is 5.78. The van der Waals surface area contributed by atoms with E-state index in [1.165, 1.54) is 6.07 Å². The molecule has 5 heteroatoms. The summed E-state index contributed by atoms with van der Waals surface area (Å²) in [4.78, 5) is 22.2. The molecule has 0 heterocycles. The highest BCUT2D eigenvalue weighted by atomic mass is 16.5. The second kappa shape index (κ2) is 6.64. The van der Waals surface area contributed by atoms with E-state index in [0.29, 0.717) is 12.3 Å². The third kappa shape index (κ3) is 4.08. The normalized spacial score (nSPS) is 9.89. The number of nitrogens with one attached hydrogen (secondary N) is 1. The molecule has 1 aromatic carbocycles. The van der Waals surface area contributed by atoms with Gasteiger partial charge in [-0.2, -0.15) is 0 Å². The second-order valence-corrected chi connectivity index (χ2v) is 3.86. The number of aromatic carboxylic acids is 1. The van der Waals surface area contributed by atoms with Gasteiger partial charge in [0, 0.05) is 6.54 Å². The van der Waals surface area contributed by atoms with Gasteiger partial charge in [0.1, 0.15) is 11.3 Å². The Morgan fingerprint density at radius 1 is 1.39 bits per heavy atom. The van der Waals surface area contributed by atoms with Gasteiger partial charge in [-0.25, -0.2) is 4.79 Å². The number of rotatable bonds is 6. The number of carbonyl (C=O) groups is 2. The zero-order valence-electron chi connectivity index (χ0n) is 10.5. The summed E-state index contributed by atoms with van der Waals surface area (Å²) in [6, 6.07) is 4.86. The number of carboxylic acids is 1. The molecule has 0 aliphatic carbocycles. The lowest BCUT2D eigenvalue weighted by molar-refractivity contribution is -0.121. The number of hydrogen-bond donors (Lipinski definition) is 2. The molecule has 2 N–H and O–H groups in total. The van der Waals surface area contributed by atoms with E-state index in [9.17, 15) is 9.59 Å². The minimum absolute atomic E-state index is 0.108. The van der Waals surface area contributed by atoms with Crippen molar-refractivity contribution in [3.63, 3.8) is 0 Å². The van der Waals surface area contributed by atoms with Crippen LogP contribution in [0.1, 0.15) is 29.3 Å². The standard InChI is InChI=1S/C13H17NO4/c1-3-14-12(15)6-7-18-11-8-9(2)4-5-10(11)13(16)17/h4-5,8H,3,6-7H2,1-2H3,(H,14,15)(H,16,17). The van der Waals surface area contributed by atoms with Crippen LogP contribution in [-0.2, 0) is 4.79 Å². The summed E-state index contributed by atoms with van der Waals surface area (Å²) >= 11 is 0. The van der Waals surface area contributed by atoms with Gasteiger partial charge in [-0.15, -0.1) is 0 Å². The number of carboxylic acid groups (broad SMARTS) is 1. The molecule has 1 amide bonds. The molecule has 0 unspecified atom stereocenters. The molecular weight excluding hydrogens is 234 g/mol. The molecule has 5 nitrogen and oxygen atoms in total. The molecule has 1 aromatic rings. The first-order valence-electron chi connectivity index (χ1n) is 5.78. The highest BCUT2D eigenvalue weighted by Gasteiger charge is 2.11. The van der Waals surface area contributed by atoms with E-state index in [0.717, 1.165) is 5.56 Å². The number of amides is 1. The van der Waals surface area contributed by atoms with Gasteiger partial charge in [-0.05, 0) is 31.5 Å². The Kier molecular flexibility index (Phi) is 5.17. The third-order valence-electron chi connectivity index (χ3n) is 2.33. The SMILES string of the molecule is CCNC(=O)CCOc1cc(C)ccc1C(=O)O. The minimum atomic E-state index is -1.04. The van der Waals surface area contributed by atoms with Crippen molar-refractivity contribution in [3.05, 3.63) is 29.3 Å². The predicted octanol–water partition coefficient (Wildman–Crippen LogP) is 1.60. The van der Waals surface area contributed by atoms with E-state index in [-0.39, 0.29) is 24.5 Å². The molecule has 0 aliphatic heterocycles. The van der Waals surface area contributed by atoms with Crippen LogP contribution in [0, 0.1) is 6.92 Å². The summed E-state index contributed by atoms with van der Waals surface area (Å²) in [5.74, 6) is -0.850. The van der Waals surface area contributed by atoms with E-state index in [4.69, 9.17) is 9.84 Å². The van der Waals surface area contributed by atoms with Gasteiger partial charge in [0.05, 0.1) is 13.0 Å². The average molecular weight is 251 g/mol. The molecule has 0 saturated heterocycles. The van der Waals surface area contributed by atoms with E-state index >= 15 is 0 Å². The first-order chi connectivity index (χ1) is 8.54. The van der Waals surface area contributed by atoms with Gasteiger partial charge < -0.3 is 15.2 Å². The fourth-order valence-electron chi connectivity index (χ4n) is 1.46. The molecular formula is C13H17NO4. The smallest absolute Gasteiger partial charge is 0.339 e. The Morgan fingerprint density at radius 3 is 2.72 bits per heavy atom. The van der Waals surface area contributed by atoms with Crippen LogP contribution >= 0.6 is 0 Å². The maximum atomic E-state index is 11.2. The third-order valence-corrected chi connectivity index (χ3v) is 2.33. The summed E-state index contributed by atoms with van der Waals surface area (Å²) in [5, 5.41) is 11.6. The minimum Gasteiger partial charge on any atom is -0.492 e. The average Bonchev–Trinajstić information content (AvgIpc) is 2.29. The number of aryl methyl sites for hydroxylation is 1. The van der Waals surface area contributed by atoms with E-state index < -0.39 is 5.97 Å². The van der Waals surface area contributed by atoms with Crippen LogP contribution in [-0.4, -0.2) is 30.1 Å². The zero-order valence-corrected chi connectivity index (χ0v) is 10.5. The fourth-order valence-corrected chi connectivity index (χ4v) is 1.46. The highest BCUT2D eigenvalue weighted by Crippen LogP contribution is 2.20. The fraction of sp³-hybridized carbons (Fsp3) is 0.385. The molecule has 0 bridgehead atoms. The molecule has 0 fully saturated rings. The molecule has 1 rings (SSSR count). The predicted molar refractivity (Wildman–Crippen MR) is 66.9 cm³/mol. The Bertz CT molecular complexity index is 443. The molecule has 18 heavy (non-hydrogen) atoms. The largest absolute Gasteiger partial charge is 0.492 e. The van der Waals surface area contributed by atoms with Crippen molar-refractivity contribution in [3.8, 4) is 5.75 Å². The topological polar surface area (TPSA) is 75.6 Å². The van der Waals surface area contributed by atoms with E-state index in [2.05, 4.69) is 5.32 Å². The van der Waals surface area contributed by atoms with E-state index in [1.54, 1.807) is 12.1 Å². The van der Waals surface area contributed by atoms with Gasteiger partial charge in [0.15, 0.2) is 0 Å². The molecule has 98 valence electrons. The van der Waals surface area contributed by atoms with Crippen LogP contribution in [0.2, 0.25) is 0 Å².